The van der Waals surface area contributed by atoms with Crippen LogP contribution in [0.3, 0.4) is 0 Å². The Morgan fingerprint density at radius 1 is 1.19 bits per heavy atom. The van der Waals surface area contributed by atoms with E-state index in [0.29, 0.717) is 17.3 Å². The molecule has 9 heteroatoms. The minimum absolute atomic E-state index is 0.271. The molecule has 5 rings (SSSR count). The molecule has 2 amide bonds. The summed E-state index contributed by atoms with van der Waals surface area (Å²) < 4.78 is 3.90. The molecule has 0 aliphatic carbocycles. The van der Waals surface area contributed by atoms with E-state index in [1.54, 1.807) is 17.9 Å². The molecule has 0 bridgehead atoms. The molecule has 6 atom stereocenters. The Morgan fingerprint density at radius 2 is 1.97 bits per heavy atom. The van der Waals surface area contributed by atoms with Crippen molar-refractivity contribution in [2.45, 2.75) is 55.2 Å². The zero-order chi connectivity index (χ0) is 25.8. The lowest BCUT2D eigenvalue weighted by atomic mass is 9.74. The molecule has 0 radical (unpaired) electrons. The van der Waals surface area contributed by atoms with E-state index in [2.05, 4.69) is 6.08 Å². The highest BCUT2D eigenvalue weighted by molar-refractivity contribution is 8.02. The number of rotatable bonds is 3. The van der Waals surface area contributed by atoms with Crippen LogP contribution in [0, 0.1) is 18.8 Å². The largest absolute Gasteiger partial charge is 0.465 e. The number of aliphatic hydroxyl groups excluding tert-OH is 1. The van der Waals surface area contributed by atoms with Crippen LogP contribution in [-0.4, -0.2) is 69.1 Å². The van der Waals surface area contributed by atoms with E-state index in [-0.39, 0.29) is 25.0 Å². The Hall–Kier alpha value is -2.29. The third kappa shape index (κ3) is 3.63. The number of para-hydroxylation sites is 1. The summed E-state index contributed by atoms with van der Waals surface area (Å²) >= 11 is 8.06. The standard InChI is InChI=1S/C27H31ClN2O5S/c1-16-9-7-10-18(28)21(16)29-13-8-12-27-19(23(32)30(17(2)15-31)22(27)24(29)33)20-25(34)35-14-6-4-5-11-26(20,3)36-27/h5,7-12,17,19-20,22,31H,4,6,13-15H2,1-3H3/b11-5-/t17-,19+,20-,22?,26+,27+/m1/s1. The number of cyclic esters (lactones) is 1. The zero-order valence-electron chi connectivity index (χ0n) is 20.6. The minimum atomic E-state index is -0.997. The van der Waals surface area contributed by atoms with E-state index in [0.717, 1.165) is 18.4 Å². The molecule has 2 fully saturated rings. The van der Waals surface area contributed by atoms with Crippen LogP contribution in [0.1, 0.15) is 32.3 Å². The Morgan fingerprint density at radius 3 is 2.69 bits per heavy atom. The molecule has 1 spiro atoms. The lowest BCUT2D eigenvalue weighted by Crippen LogP contribution is -2.56. The molecule has 7 nitrogen and oxygen atoms in total. The summed E-state index contributed by atoms with van der Waals surface area (Å²) in [7, 11) is 0. The Labute approximate surface area is 220 Å². The van der Waals surface area contributed by atoms with Crippen molar-refractivity contribution >= 4 is 46.8 Å². The molecule has 1 N–H and O–H groups in total. The van der Waals surface area contributed by atoms with E-state index in [4.69, 9.17) is 16.3 Å². The van der Waals surface area contributed by atoms with Gasteiger partial charge in [0.2, 0.25) is 5.91 Å². The summed E-state index contributed by atoms with van der Waals surface area (Å²) in [5.74, 6) is -2.54. The van der Waals surface area contributed by atoms with Crippen molar-refractivity contribution < 1.29 is 24.2 Å². The molecule has 4 aliphatic heterocycles. The van der Waals surface area contributed by atoms with Crippen molar-refractivity contribution in [2.24, 2.45) is 11.8 Å². The maximum atomic E-state index is 14.4. The Kier molecular flexibility index (Phi) is 6.50. The number of carbonyl (C=O) groups is 3. The highest BCUT2D eigenvalue weighted by Crippen LogP contribution is 2.65. The van der Waals surface area contributed by atoms with Crippen LogP contribution in [0.15, 0.2) is 42.5 Å². The highest BCUT2D eigenvalue weighted by atomic mass is 35.5. The first-order valence-corrected chi connectivity index (χ1v) is 13.6. The number of ether oxygens (including phenoxy) is 1. The van der Waals surface area contributed by atoms with Crippen molar-refractivity contribution in [3.63, 3.8) is 0 Å². The molecule has 1 aromatic rings. The van der Waals surface area contributed by atoms with Crippen LogP contribution in [0.5, 0.6) is 0 Å². The number of thioether (sulfide) groups is 1. The maximum Gasteiger partial charge on any atom is 0.311 e. The number of hydrogen-bond donors (Lipinski definition) is 1. The third-order valence-corrected chi connectivity index (χ3v) is 9.99. The second kappa shape index (κ2) is 9.23. The van der Waals surface area contributed by atoms with E-state index in [1.165, 1.54) is 16.7 Å². The molecular weight excluding hydrogens is 500 g/mol. The monoisotopic (exact) mass is 530 g/mol. The van der Waals surface area contributed by atoms with Crippen LogP contribution >= 0.6 is 23.4 Å². The van der Waals surface area contributed by atoms with Gasteiger partial charge in [-0.3, -0.25) is 14.4 Å². The normalized spacial score (nSPS) is 35.7. The van der Waals surface area contributed by atoms with Gasteiger partial charge < -0.3 is 19.6 Å². The number of aryl methyl sites for hydroxylation is 1. The van der Waals surface area contributed by atoms with Crippen LogP contribution in [0.2, 0.25) is 5.02 Å². The first kappa shape index (κ1) is 25.4. The first-order valence-electron chi connectivity index (χ1n) is 12.4. The van der Waals surface area contributed by atoms with E-state index in [1.807, 2.05) is 44.2 Å². The van der Waals surface area contributed by atoms with Crippen molar-refractivity contribution in [3.8, 4) is 0 Å². The quantitative estimate of drug-likeness (QED) is 0.475. The van der Waals surface area contributed by atoms with Gasteiger partial charge in [0.15, 0.2) is 0 Å². The molecule has 0 saturated carbocycles. The van der Waals surface area contributed by atoms with Crippen molar-refractivity contribution in [1.82, 2.24) is 4.90 Å². The molecule has 1 aromatic carbocycles. The highest BCUT2D eigenvalue weighted by Gasteiger charge is 2.74. The van der Waals surface area contributed by atoms with E-state index < -0.39 is 39.4 Å². The molecular formula is C27H31ClN2O5S. The van der Waals surface area contributed by atoms with Gasteiger partial charge in [0.05, 0.1) is 46.5 Å². The lowest BCUT2D eigenvalue weighted by Gasteiger charge is -2.39. The predicted octanol–water partition coefficient (Wildman–Crippen LogP) is 3.51. The van der Waals surface area contributed by atoms with Gasteiger partial charge >= 0.3 is 5.97 Å². The molecule has 36 heavy (non-hydrogen) atoms. The number of aliphatic hydroxyl groups is 1. The zero-order valence-corrected chi connectivity index (χ0v) is 22.2. The van der Waals surface area contributed by atoms with Gasteiger partial charge in [-0.2, -0.15) is 0 Å². The summed E-state index contributed by atoms with van der Waals surface area (Å²) in [5.41, 5.74) is 1.45. The topological polar surface area (TPSA) is 87.2 Å². The smallest absolute Gasteiger partial charge is 0.311 e. The average Bonchev–Trinajstić information content (AvgIpc) is 3.19. The van der Waals surface area contributed by atoms with Crippen LogP contribution < -0.4 is 4.90 Å². The molecule has 0 aromatic heterocycles. The van der Waals surface area contributed by atoms with Gasteiger partial charge in [-0.1, -0.05) is 48.0 Å². The SMILES string of the molecule is Cc1cccc(Cl)c1N1CC=C[C@]23S[C@@]4(C)/C=C\CCCOC(=O)[C@H]4[C@H]2C(=O)N([C@H](C)CO)C3C1=O. The molecule has 1 unspecified atom stereocenters. The van der Waals surface area contributed by atoms with Gasteiger partial charge in [0.25, 0.3) is 5.91 Å². The van der Waals surface area contributed by atoms with Crippen molar-refractivity contribution in [1.29, 1.82) is 0 Å². The number of carbonyl (C=O) groups excluding carboxylic acids is 3. The number of esters is 1. The molecule has 2 saturated heterocycles. The maximum absolute atomic E-state index is 14.4. The lowest BCUT2D eigenvalue weighted by molar-refractivity contribution is -0.154. The van der Waals surface area contributed by atoms with Crippen LogP contribution in [-0.2, 0) is 19.1 Å². The van der Waals surface area contributed by atoms with Crippen molar-refractivity contribution in [3.05, 3.63) is 53.1 Å². The van der Waals surface area contributed by atoms with Crippen LogP contribution in [0.25, 0.3) is 0 Å². The average molecular weight is 531 g/mol. The summed E-state index contributed by atoms with van der Waals surface area (Å²) in [6.45, 7) is 5.86. The molecule has 4 aliphatic rings. The van der Waals surface area contributed by atoms with Crippen molar-refractivity contribution in [2.75, 3.05) is 24.7 Å². The summed E-state index contributed by atoms with van der Waals surface area (Å²) in [6.07, 6.45) is 9.42. The summed E-state index contributed by atoms with van der Waals surface area (Å²) in [5, 5.41) is 10.5. The number of halogens is 1. The second-order valence-electron chi connectivity index (χ2n) is 10.2. The molecule has 192 valence electrons. The number of hydrogen-bond acceptors (Lipinski definition) is 6. The first-order chi connectivity index (χ1) is 17.2. The van der Waals surface area contributed by atoms with Gasteiger partial charge in [-0.15, -0.1) is 11.8 Å². The number of benzene rings is 1. The minimum Gasteiger partial charge on any atom is -0.465 e. The molecule has 4 heterocycles. The van der Waals surface area contributed by atoms with Gasteiger partial charge in [-0.25, -0.2) is 0 Å². The van der Waals surface area contributed by atoms with Gasteiger partial charge in [0, 0.05) is 11.3 Å². The van der Waals surface area contributed by atoms with E-state index >= 15 is 0 Å². The summed E-state index contributed by atoms with van der Waals surface area (Å²) in [6, 6.07) is 3.96. The van der Waals surface area contributed by atoms with Crippen LogP contribution in [0.4, 0.5) is 5.69 Å². The number of likely N-dealkylation sites (tertiary alicyclic amines) is 1. The Balaban J connectivity index is 1.69. The number of amides is 2. The fraction of sp³-hybridized carbons (Fsp3) is 0.519. The fourth-order valence-electron chi connectivity index (χ4n) is 6.30. The van der Waals surface area contributed by atoms with Gasteiger partial charge in [-0.05, 0) is 45.2 Å². The van der Waals surface area contributed by atoms with Gasteiger partial charge in [0.1, 0.15) is 6.04 Å². The number of allylic oxidation sites excluding steroid dienone is 1. The number of nitrogens with zero attached hydrogens (tertiary/aromatic N) is 2. The number of fused-ring (bicyclic) bond motifs is 2. The predicted molar refractivity (Wildman–Crippen MR) is 140 cm³/mol. The Bertz CT molecular complexity index is 1150. The van der Waals surface area contributed by atoms with E-state index in [9.17, 15) is 19.5 Å². The third-order valence-electron chi connectivity index (χ3n) is 7.89. The number of anilines is 1. The summed E-state index contributed by atoms with van der Waals surface area (Å²) in [4.78, 5) is 45.1. The fourth-order valence-corrected chi connectivity index (χ4v) is 8.76. The second-order valence-corrected chi connectivity index (χ2v) is 12.4.